The fraction of sp³-hybridized carbons (Fsp3) is 0.360. The maximum absolute atomic E-state index is 12.4. The molecule has 198 valence electrons. The zero-order valence-electron chi connectivity index (χ0n) is 20.4. The molecule has 0 aliphatic carbocycles. The summed E-state index contributed by atoms with van der Waals surface area (Å²) in [4.78, 5) is 36.3. The van der Waals surface area contributed by atoms with Crippen LogP contribution in [-0.2, 0) is 19.1 Å². The summed E-state index contributed by atoms with van der Waals surface area (Å²) in [6.07, 6.45) is 3.08. The highest BCUT2D eigenvalue weighted by molar-refractivity contribution is 9.10. The maximum Gasteiger partial charge on any atom is 0.329 e. The lowest BCUT2D eigenvalue weighted by atomic mass is 10.2. The van der Waals surface area contributed by atoms with Crippen molar-refractivity contribution in [3.63, 3.8) is 0 Å². The molecule has 2 aromatic carbocycles. The molecule has 0 spiro atoms. The monoisotopic (exact) mass is 594 g/mol. The number of hydrogen-bond acceptors (Lipinski definition) is 7. The van der Waals surface area contributed by atoms with Gasteiger partial charge in [0.2, 0.25) is 0 Å². The minimum absolute atomic E-state index is 0.0673. The first-order chi connectivity index (χ1) is 17.8. The van der Waals surface area contributed by atoms with Gasteiger partial charge in [0.1, 0.15) is 0 Å². The molecule has 10 nitrogen and oxygen atoms in total. The van der Waals surface area contributed by atoms with Gasteiger partial charge < -0.3 is 24.8 Å². The van der Waals surface area contributed by atoms with Gasteiger partial charge in [-0.05, 0) is 78.0 Å². The number of ether oxygens (including phenoxy) is 3. The van der Waals surface area contributed by atoms with Crippen LogP contribution in [0.1, 0.15) is 30.9 Å². The molecule has 0 unspecified atom stereocenters. The number of hydrogen-bond donors (Lipinski definition) is 3. The summed E-state index contributed by atoms with van der Waals surface area (Å²) in [6, 6.07) is 8.55. The summed E-state index contributed by atoms with van der Waals surface area (Å²) in [5.41, 5.74) is 4.10. The maximum atomic E-state index is 12.4. The van der Waals surface area contributed by atoms with Crippen LogP contribution in [-0.4, -0.2) is 56.4 Å². The molecule has 0 radical (unpaired) electrons. The van der Waals surface area contributed by atoms with Crippen molar-refractivity contribution in [2.45, 2.75) is 32.8 Å². The van der Waals surface area contributed by atoms with Gasteiger partial charge in [0, 0.05) is 23.9 Å². The van der Waals surface area contributed by atoms with Crippen LogP contribution >= 0.6 is 27.5 Å². The van der Waals surface area contributed by atoms with E-state index in [1.54, 1.807) is 30.3 Å². The Kier molecular flexibility index (Phi) is 10.7. The molecule has 12 heteroatoms. The molecular formula is C25H28BrClN4O6. The smallest absolute Gasteiger partial charge is 0.329 e. The third-order valence-corrected chi connectivity index (χ3v) is 6.32. The second-order valence-electron chi connectivity index (χ2n) is 8.06. The van der Waals surface area contributed by atoms with Gasteiger partial charge in [-0.3, -0.25) is 14.4 Å². The Balaban J connectivity index is 1.58. The van der Waals surface area contributed by atoms with Gasteiger partial charge in [0.15, 0.2) is 18.1 Å². The molecule has 0 aromatic heterocycles. The van der Waals surface area contributed by atoms with Crippen molar-refractivity contribution in [3.05, 3.63) is 51.0 Å². The van der Waals surface area contributed by atoms with E-state index >= 15 is 0 Å². The Bertz CT molecular complexity index is 1170. The Morgan fingerprint density at radius 3 is 2.78 bits per heavy atom. The molecule has 3 N–H and O–H groups in total. The molecule has 2 aromatic rings. The zero-order valence-corrected chi connectivity index (χ0v) is 22.8. The van der Waals surface area contributed by atoms with E-state index < -0.39 is 11.8 Å². The number of carbonyl (C=O) groups is 3. The van der Waals surface area contributed by atoms with E-state index in [9.17, 15) is 14.4 Å². The number of anilines is 1. The molecule has 1 heterocycles. The lowest BCUT2D eigenvalue weighted by molar-refractivity contribution is -0.139. The number of halogens is 2. The second-order valence-corrected chi connectivity index (χ2v) is 9.32. The first kappa shape index (κ1) is 28.4. The molecule has 0 bridgehead atoms. The standard InChI is InChI=1S/C25H28BrClN4O6/c1-3-35-21-11-16(12-29-31-25(34)24(33)28-13-17-6-5-9-36-17)10-18(26)23(21)37-14-22(32)30-20-8-4-7-19(27)15(20)2/h4,7-8,10-12,17H,3,5-6,9,13-14H2,1-2H3,(H,28,33)(H,30,32)(H,31,34)/b29-12-/t17-/m1/s1. The van der Waals surface area contributed by atoms with Gasteiger partial charge in [-0.15, -0.1) is 0 Å². The fourth-order valence-corrected chi connectivity index (χ4v) is 4.19. The molecule has 1 fully saturated rings. The summed E-state index contributed by atoms with van der Waals surface area (Å²) in [5, 5.41) is 9.69. The number of hydrazone groups is 1. The fourth-order valence-electron chi connectivity index (χ4n) is 3.44. The largest absolute Gasteiger partial charge is 0.490 e. The molecule has 3 amide bonds. The molecule has 37 heavy (non-hydrogen) atoms. The van der Waals surface area contributed by atoms with E-state index in [4.69, 9.17) is 25.8 Å². The Hall–Kier alpha value is -3.15. The van der Waals surface area contributed by atoms with Crippen LogP contribution in [0.25, 0.3) is 0 Å². The van der Waals surface area contributed by atoms with Gasteiger partial charge in [-0.1, -0.05) is 17.7 Å². The van der Waals surface area contributed by atoms with E-state index in [1.165, 1.54) is 6.21 Å². The number of nitrogens with zero attached hydrogens (tertiary/aromatic N) is 1. The van der Waals surface area contributed by atoms with Gasteiger partial charge in [-0.25, -0.2) is 5.43 Å². The Morgan fingerprint density at radius 1 is 1.24 bits per heavy atom. The molecular weight excluding hydrogens is 568 g/mol. The van der Waals surface area contributed by atoms with Crippen molar-refractivity contribution < 1.29 is 28.6 Å². The van der Waals surface area contributed by atoms with Gasteiger partial charge in [-0.2, -0.15) is 5.10 Å². The van der Waals surface area contributed by atoms with E-state index in [0.717, 1.165) is 18.4 Å². The van der Waals surface area contributed by atoms with Crippen molar-refractivity contribution in [1.29, 1.82) is 0 Å². The van der Waals surface area contributed by atoms with Crippen molar-refractivity contribution >= 4 is 57.2 Å². The van der Waals surface area contributed by atoms with Crippen LogP contribution < -0.4 is 25.5 Å². The van der Waals surface area contributed by atoms with E-state index in [2.05, 4.69) is 37.1 Å². The number of nitrogens with one attached hydrogen (secondary N) is 3. The average molecular weight is 596 g/mol. The normalized spacial score (nSPS) is 14.9. The van der Waals surface area contributed by atoms with Crippen LogP contribution in [0, 0.1) is 6.92 Å². The number of rotatable bonds is 10. The first-order valence-electron chi connectivity index (χ1n) is 11.7. The van der Waals surface area contributed by atoms with Gasteiger partial charge in [0.25, 0.3) is 5.91 Å². The summed E-state index contributed by atoms with van der Waals surface area (Å²) < 4.78 is 17.3. The van der Waals surface area contributed by atoms with E-state index in [1.807, 2.05) is 13.8 Å². The molecule has 1 aliphatic heterocycles. The highest BCUT2D eigenvalue weighted by Crippen LogP contribution is 2.36. The lowest BCUT2D eigenvalue weighted by Gasteiger charge is -2.15. The van der Waals surface area contributed by atoms with Gasteiger partial charge in [0.05, 0.1) is 23.4 Å². The molecule has 0 saturated carbocycles. The minimum Gasteiger partial charge on any atom is -0.490 e. The Labute approximate surface area is 228 Å². The number of benzene rings is 2. The highest BCUT2D eigenvalue weighted by atomic mass is 79.9. The number of amides is 3. The van der Waals surface area contributed by atoms with Crippen molar-refractivity contribution in [1.82, 2.24) is 10.7 Å². The quantitative estimate of drug-likeness (QED) is 0.219. The average Bonchev–Trinajstić information content (AvgIpc) is 3.39. The minimum atomic E-state index is -0.890. The summed E-state index contributed by atoms with van der Waals surface area (Å²) in [6.45, 7) is 4.63. The molecule has 1 saturated heterocycles. The zero-order chi connectivity index (χ0) is 26.8. The lowest BCUT2D eigenvalue weighted by Crippen LogP contribution is -2.41. The van der Waals surface area contributed by atoms with Crippen LogP contribution in [0.2, 0.25) is 5.02 Å². The SMILES string of the molecule is CCOc1cc(/C=N\NC(=O)C(=O)NC[C@H]2CCCO2)cc(Br)c1OCC(=O)Nc1cccc(Cl)c1C. The van der Waals surface area contributed by atoms with E-state index in [0.29, 0.717) is 45.5 Å². The summed E-state index contributed by atoms with van der Waals surface area (Å²) in [5.74, 6) is -1.36. The molecule has 1 aliphatic rings. The summed E-state index contributed by atoms with van der Waals surface area (Å²) >= 11 is 9.53. The van der Waals surface area contributed by atoms with Crippen LogP contribution in [0.4, 0.5) is 5.69 Å². The topological polar surface area (TPSA) is 127 Å². The van der Waals surface area contributed by atoms with Crippen LogP contribution in [0.3, 0.4) is 0 Å². The summed E-state index contributed by atoms with van der Waals surface area (Å²) in [7, 11) is 0. The Morgan fingerprint density at radius 2 is 2.05 bits per heavy atom. The molecule has 3 rings (SSSR count). The second kappa shape index (κ2) is 14.0. The van der Waals surface area contributed by atoms with Crippen molar-refractivity contribution in [3.8, 4) is 11.5 Å². The van der Waals surface area contributed by atoms with Crippen LogP contribution in [0.5, 0.6) is 11.5 Å². The van der Waals surface area contributed by atoms with Crippen molar-refractivity contribution in [2.24, 2.45) is 5.10 Å². The predicted octanol–water partition coefficient (Wildman–Crippen LogP) is 3.57. The molecule has 1 atom stereocenters. The predicted molar refractivity (Wildman–Crippen MR) is 143 cm³/mol. The van der Waals surface area contributed by atoms with Crippen LogP contribution in [0.15, 0.2) is 39.9 Å². The van der Waals surface area contributed by atoms with E-state index in [-0.39, 0.29) is 25.2 Å². The highest BCUT2D eigenvalue weighted by Gasteiger charge is 2.19. The number of carbonyl (C=O) groups excluding carboxylic acids is 3. The first-order valence-corrected chi connectivity index (χ1v) is 12.8. The third-order valence-electron chi connectivity index (χ3n) is 5.32. The van der Waals surface area contributed by atoms with Gasteiger partial charge >= 0.3 is 11.8 Å². The third kappa shape index (κ3) is 8.44. The van der Waals surface area contributed by atoms with Crippen molar-refractivity contribution in [2.75, 3.05) is 31.7 Å².